The highest BCUT2D eigenvalue weighted by Gasteiger charge is 2.49. The van der Waals surface area contributed by atoms with Gasteiger partial charge in [-0.05, 0) is 38.5 Å². The van der Waals surface area contributed by atoms with E-state index in [4.69, 9.17) is 23.2 Å². The minimum absolute atomic E-state index is 0.0790. The van der Waals surface area contributed by atoms with Gasteiger partial charge in [0.15, 0.2) is 0 Å². The Morgan fingerprint density at radius 2 is 1.96 bits per heavy atom. The monoisotopic (exact) mass is 357 g/mol. The molecule has 1 unspecified atom stereocenters. The highest BCUT2D eigenvalue weighted by atomic mass is 35.5. The van der Waals surface area contributed by atoms with Gasteiger partial charge in [-0.25, -0.2) is 4.79 Å². The fourth-order valence-electron chi connectivity index (χ4n) is 2.35. The number of nitrogens with one attached hydrogen (secondary N) is 2. The number of carbonyl (C=O) groups is 3. The molecule has 1 aromatic carbocycles. The van der Waals surface area contributed by atoms with Gasteiger partial charge in [-0.3, -0.25) is 14.5 Å². The highest BCUT2D eigenvalue weighted by molar-refractivity contribution is 6.42. The maximum absolute atomic E-state index is 12.6. The Kier molecular flexibility index (Phi) is 4.87. The van der Waals surface area contributed by atoms with Crippen LogP contribution in [0.1, 0.15) is 26.3 Å². The first-order chi connectivity index (χ1) is 10.6. The summed E-state index contributed by atoms with van der Waals surface area (Å²) in [7, 11) is 0. The summed E-state index contributed by atoms with van der Waals surface area (Å²) >= 11 is 11.9. The van der Waals surface area contributed by atoms with Crippen LogP contribution in [0.4, 0.5) is 4.79 Å². The van der Waals surface area contributed by atoms with Crippen LogP contribution in [0.15, 0.2) is 18.2 Å². The molecule has 2 N–H and O–H groups in total. The zero-order valence-electron chi connectivity index (χ0n) is 12.9. The van der Waals surface area contributed by atoms with Crippen molar-refractivity contribution in [3.63, 3.8) is 0 Å². The Balaban J connectivity index is 2.25. The predicted molar refractivity (Wildman–Crippen MR) is 87.3 cm³/mol. The first-order valence-corrected chi connectivity index (χ1v) is 7.79. The van der Waals surface area contributed by atoms with E-state index < -0.39 is 23.4 Å². The van der Waals surface area contributed by atoms with Crippen molar-refractivity contribution >= 4 is 41.0 Å². The van der Waals surface area contributed by atoms with Gasteiger partial charge in [0.25, 0.3) is 5.91 Å². The van der Waals surface area contributed by atoms with E-state index in [1.54, 1.807) is 32.9 Å². The van der Waals surface area contributed by atoms with Crippen LogP contribution in [0.25, 0.3) is 0 Å². The molecule has 124 valence electrons. The van der Waals surface area contributed by atoms with Crippen molar-refractivity contribution < 1.29 is 14.4 Å². The Bertz CT molecular complexity index is 678. The van der Waals surface area contributed by atoms with Gasteiger partial charge in [-0.1, -0.05) is 29.3 Å². The minimum Gasteiger partial charge on any atom is -0.352 e. The van der Waals surface area contributed by atoms with Crippen LogP contribution in [0, 0.1) is 0 Å². The number of hydrogen-bond acceptors (Lipinski definition) is 3. The summed E-state index contributed by atoms with van der Waals surface area (Å²) in [4.78, 5) is 37.5. The first-order valence-electron chi connectivity index (χ1n) is 7.04. The predicted octanol–water partition coefficient (Wildman–Crippen LogP) is 2.29. The number of halogens is 2. The molecule has 0 aliphatic carbocycles. The lowest BCUT2D eigenvalue weighted by Gasteiger charge is -2.22. The number of benzene rings is 1. The molecule has 1 aliphatic heterocycles. The van der Waals surface area contributed by atoms with Gasteiger partial charge in [0.1, 0.15) is 12.1 Å². The number of imide groups is 1. The van der Waals surface area contributed by atoms with Crippen molar-refractivity contribution in [2.75, 3.05) is 6.54 Å². The lowest BCUT2D eigenvalue weighted by molar-refractivity contribution is -0.135. The van der Waals surface area contributed by atoms with E-state index in [-0.39, 0.29) is 17.6 Å². The van der Waals surface area contributed by atoms with Gasteiger partial charge in [-0.2, -0.15) is 0 Å². The summed E-state index contributed by atoms with van der Waals surface area (Å²) in [6.07, 6.45) is 0. The smallest absolute Gasteiger partial charge is 0.325 e. The number of carbonyl (C=O) groups excluding carboxylic acids is 3. The Hall–Kier alpha value is -1.79. The lowest BCUT2D eigenvalue weighted by atomic mass is 9.92. The fourth-order valence-corrected chi connectivity index (χ4v) is 2.65. The largest absolute Gasteiger partial charge is 0.352 e. The molecule has 0 saturated carbocycles. The molecular weight excluding hydrogens is 341 g/mol. The Morgan fingerprint density at radius 1 is 1.30 bits per heavy atom. The van der Waals surface area contributed by atoms with Crippen molar-refractivity contribution in [2.24, 2.45) is 0 Å². The molecule has 0 radical (unpaired) electrons. The lowest BCUT2D eigenvalue weighted by Crippen LogP contribution is -2.44. The van der Waals surface area contributed by atoms with Crippen LogP contribution in [0.5, 0.6) is 0 Å². The maximum atomic E-state index is 12.6. The van der Waals surface area contributed by atoms with Crippen molar-refractivity contribution in [2.45, 2.75) is 32.4 Å². The normalized spacial score (nSPS) is 20.9. The maximum Gasteiger partial charge on any atom is 0.325 e. The molecule has 8 heteroatoms. The number of urea groups is 1. The van der Waals surface area contributed by atoms with Crippen LogP contribution >= 0.6 is 23.2 Å². The second-order valence-corrected chi connectivity index (χ2v) is 6.61. The molecule has 23 heavy (non-hydrogen) atoms. The van der Waals surface area contributed by atoms with Gasteiger partial charge in [0, 0.05) is 6.04 Å². The van der Waals surface area contributed by atoms with Crippen molar-refractivity contribution in [3.05, 3.63) is 33.8 Å². The standard InChI is InChI=1S/C15H17Cl2N3O3/c1-8(2)18-12(21)7-20-13(22)15(3,19-14(20)23)9-4-5-10(16)11(17)6-9/h4-6,8H,7H2,1-3H3,(H,18,21)(H,19,23). The van der Waals surface area contributed by atoms with Crippen molar-refractivity contribution in [3.8, 4) is 0 Å². The van der Waals surface area contributed by atoms with E-state index in [1.807, 2.05) is 0 Å². The van der Waals surface area contributed by atoms with Crippen molar-refractivity contribution in [1.82, 2.24) is 15.5 Å². The zero-order valence-corrected chi connectivity index (χ0v) is 14.5. The summed E-state index contributed by atoms with van der Waals surface area (Å²) in [6, 6.07) is 3.99. The molecular formula is C15H17Cl2N3O3. The van der Waals surface area contributed by atoms with Crippen LogP contribution in [0.2, 0.25) is 10.0 Å². The molecule has 1 saturated heterocycles. The van der Waals surface area contributed by atoms with Gasteiger partial charge in [-0.15, -0.1) is 0 Å². The third-order valence-electron chi connectivity index (χ3n) is 3.52. The van der Waals surface area contributed by atoms with E-state index in [0.29, 0.717) is 10.6 Å². The van der Waals surface area contributed by atoms with Crippen molar-refractivity contribution in [1.29, 1.82) is 0 Å². The van der Waals surface area contributed by atoms with E-state index in [9.17, 15) is 14.4 Å². The van der Waals surface area contributed by atoms with Gasteiger partial charge >= 0.3 is 6.03 Å². The molecule has 6 nitrogen and oxygen atoms in total. The van der Waals surface area contributed by atoms with E-state index >= 15 is 0 Å². The molecule has 1 fully saturated rings. The summed E-state index contributed by atoms with van der Waals surface area (Å²) in [6.45, 7) is 4.82. The van der Waals surface area contributed by atoms with E-state index in [2.05, 4.69) is 10.6 Å². The number of nitrogens with zero attached hydrogens (tertiary/aromatic N) is 1. The number of hydrogen-bond donors (Lipinski definition) is 2. The fraction of sp³-hybridized carbons (Fsp3) is 0.400. The number of rotatable bonds is 4. The van der Waals surface area contributed by atoms with Crippen LogP contribution in [0.3, 0.4) is 0 Å². The van der Waals surface area contributed by atoms with E-state index in [0.717, 1.165) is 4.90 Å². The summed E-state index contributed by atoms with van der Waals surface area (Å²) in [5.74, 6) is -0.915. The molecule has 0 spiro atoms. The average molecular weight is 358 g/mol. The topological polar surface area (TPSA) is 78.5 Å². The minimum atomic E-state index is -1.29. The quantitative estimate of drug-likeness (QED) is 0.811. The van der Waals surface area contributed by atoms with E-state index in [1.165, 1.54) is 6.07 Å². The Labute approximate surface area is 144 Å². The second-order valence-electron chi connectivity index (χ2n) is 5.80. The van der Waals surface area contributed by atoms with Crippen LogP contribution in [-0.2, 0) is 15.1 Å². The third-order valence-corrected chi connectivity index (χ3v) is 4.26. The summed E-state index contributed by atoms with van der Waals surface area (Å²) in [5, 5.41) is 5.88. The van der Waals surface area contributed by atoms with Gasteiger partial charge in [0.2, 0.25) is 5.91 Å². The molecule has 1 heterocycles. The third kappa shape index (κ3) is 3.43. The van der Waals surface area contributed by atoms with Gasteiger partial charge in [0.05, 0.1) is 10.0 Å². The van der Waals surface area contributed by atoms with Crippen LogP contribution < -0.4 is 10.6 Å². The average Bonchev–Trinajstić information content (AvgIpc) is 2.65. The molecule has 1 atom stereocenters. The SMILES string of the molecule is CC(C)NC(=O)CN1C(=O)NC(C)(c2ccc(Cl)c(Cl)c2)C1=O. The van der Waals surface area contributed by atoms with Gasteiger partial charge < -0.3 is 10.6 Å². The summed E-state index contributed by atoms with van der Waals surface area (Å²) < 4.78 is 0. The summed E-state index contributed by atoms with van der Waals surface area (Å²) in [5.41, 5.74) is -0.791. The first kappa shape index (κ1) is 17.6. The highest BCUT2D eigenvalue weighted by Crippen LogP contribution is 2.32. The molecule has 0 aromatic heterocycles. The zero-order chi connectivity index (χ0) is 17.4. The molecule has 1 aliphatic rings. The number of amides is 4. The molecule has 4 amide bonds. The second kappa shape index (κ2) is 6.37. The molecule has 2 rings (SSSR count). The Morgan fingerprint density at radius 3 is 2.52 bits per heavy atom. The van der Waals surface area contributed by atoms with Crippen LogP contribution in [-0.4, -0.2) is 35.3 Å². The molecule has 0 bridgehead atoms. The molecule has 1 aromatic rings.